The Bertz CT molecular complexity index is 499. The Morgan fingerprint density at radius 3 is 2.89 bits per heavy atom. The topological polar surface area (TPSA) is 49.9 Å². The summed E-state index contributed by atoms with van der Waals surface area (Å²) >= 11 is 0. The maximum absolute atomic E-state index is 11.6. The molecule has 2 amide bonds. The number of carbonyl (C=O) groups is 2. The van der Waals surface area contributed by atoms with Gasteiger partial charge < -0.3 is 14.5 Å². The third-order valence-corrected chi connectivity index (χ3v) is 3.13. The Balaban J connectivity index is 2.16. The highest BCUT2D eigenvalue weighted by molar-refractivity contribution is 6.00. The Kier molecular flexibility index (Phi) is 3.23. The number of hydrogen-bond acceptors (Lipinski definition) is 3. The van der Waals surface area contributed by atoms with Crippen LogP contribution in [0.5, 0.6) is 0 Å². The van der Waals surface area contributed by atoms with Gasteiger partial charge in [0.25, 0.3) is 0 Å². The summed E-state index contributed by atoms with van der Waals surface area (Å²) in [5.41, 5.74) is 2.95. The summed E-state index contributed by atoms with van der Waals surface area (Å²) in [7, 11) is 4.81. The van der Waals surface area contributed by atoms with Gasteiger partial charge in [-0.3, -0.25) is 4.79 Å². The van der Waals surface area contributed by atoms with Crippen molar-refractivity contribution in [1.29, 1.82) is 0 Å². The van der Waals surface area contributed by atoms with Crippen LogP contribution >= 0.6 is 0 Å². The van der Waals surface area contributed by atoms with E-state index in [9.17, 15) is 9.59 Å². The molecule has 1 aromatic rings. The van der Waals surface area contributed by atoms with E-state index in [0.717, 1.165) is 16.8 Å². The fourth-order valence-corrected chi connectivity index (χ4v) is 2.12. The average molecular weight is 248 g/mol. The Labute approximate surface area is 106 Å². The highest BCUT2D eigenvalue weighted by Crippen LogP contribution is 2.28. The minimum Gasteiger partial charge on any atom is -0.453 e. The molecule has 1 aliphatic heterocycles. The van der Waals surface area contributed by atoms with Crippen LogP contribution in [0.15, 0.2) is 18.2 Å². The average Bonchev–Trinajstić information content (AvgIpc) is 2.63. The predicted molar refractivity (Wildman–Crippen MR) is 67.4 cm³/mol. The third kappa shape index (κ3) is 2.16. The first kappa shape index (κ1) is 12.4. The third-order valence-electron chi connectivity index (χ3n) is 3.13. The van der Waals surface area contributed by atoms with E-state index < -0.39 is 0 Å². The van der Waals surface area contributed by atoms with Crippen LogP contribution in [0, 0.1) is 0 Å². The lowest BCUT2D eigenvalue weighted by molar-refractivity contribution is -0.117. The van der Waals surface area contributed by atoms with Gasteiger partial charge in [-0.05, 0) is 17.2 Å². The quantitative estimate of drug-likeness (QED) is 0.795. The lowest BCUT2D eigenvalue weighted by atomic mass is 10.1. The number of fused-ring (bicyclic) bond motifs is 1. The van der Waals surface area contributed by atoms with Gasteiger partial charge in [-0.1, -0.05) is 12.1 Å². The number of carbonyl (C=O) groups excluding carboxylic acids is 2. The number of rotatable bonds is 2. The van der Waals surface area contributed by atoms with Gasteiger partial charge in [-0.25, -0.2) is 4.79 Å². The van der Waals surface area contributed by atoms with Gasteiger partial charge in [-0.2, -0.15) is 0 Å². The van der Waals surface area contributed by atoms with E-state index in [1.165, 1.54) is 12.0 Å². The Morgan fingerprint density at radius 1 is 1.50 bits per heavy atom. The highest BCUT2D eigenvalue weighted by Gasteiger charge is 2.24. The molecule has 0 spiro atoms. The molecule has 0 N–H and O–H groups in total. The Hall–Kier alpha value is -2.04. The van der Waals surface area contributed by atoms with Crippen LogP contribution in [0.3, 0.4) is 0 Å². The predicted octanol–water partition coefficient (Wildman–Crippen LogP) is 1.40. The zero-order valence-corrected chi connectivity index (χ0v) is 10.8. The van der Waals surface area contributed by atoms with Crippen molar-refractivity contribution >= 4 is 17.7 Å². The minimum absolute atomic E-state index is 0.100. The van der Waals surface area contributed by atoms with Gasteiger partial charge >= 0.3 is 6.09 Å². The summed E-state index contributed by atoms with van der Waals surface area (Å²) in [6.45, 7) is 0.470. The molecule has 1 aromatic carbocycles. The highest BCUT2D eigenvalue weighted by atomic mass is 16.5. The molecule has 96 valence electrons. The van der Waals surface area contributed by atoms with Gasteiger partial charge in [0, 0.05) is 26.3 Å². The summed E-state index contributed by atoms with van der Waals surface area (Å²) in [6.07, 6.45) is 0.0606. The van der Waals surface area contributed by atoms with Crippen LogP contribution in [0.4, 0.5) is 10.5 Å². The van der Waals surface area contributed by atoms with E-state index in [4.69, 9.17) is 0 Å². The molecule has 2 rings (SSSR count). The molecule has 0 atom stereocenters. The SMILES string of the molecule is COC(=O)N(C)Cc1ccc2c(c1)CC(=O)N2C. The van der Waals surface area contributed by atoms with Gasteiger partial charge in [0.1, 0.15) is 0 Å². The van der Waals surface area contributed by atoms with Gasteiger partial charge in [0.05, 0.1) is 13.5 Å². The van der Waals surface area contributed by atoms with Crippen molar-refractivity contribution in [3.63, 3.8) is 0 Å². The first-order valence-electron chi connectivity index (χ1n) is 5.70. The maximum Gasteiger partial charge on any atom is 0.409 e. The summed E-state index contributed by atoms with van der Waals surface area (Å²) in [6, 6.07) is 5.81. The number of nitrogens with zero attached hydrogens (tertiary/aromatic N) is 2. The molecule has 0 aromatic heterocycles. The van der Waals surface area contributed by atoms with E-state index >= 15 is 0 Å². The lowest BCUT2D eigenvalue weighted by Crippen LogP contribution is -2.25. The molecule has 0 saturated carbocycles. The fourth-order valence-electron chi connectivity index (χ4n) is 2.12. The van der Waals surface area contributed by atoms with E-state index in [1.54, 1.807) is 19.0 Å². The molecular formula is C13H16N2O3. The second-order valence-corrected chi connectivity index (χ2v) is 4.42. The lowest BCUT2D eigenvalue weighted by Gasteiger charge is -2.16. The van der Waals surface area contributed by atoms with Crippen molar-refractivity contribution in [3.05, 3.63) is 29.3 Å². The molecule has 5 heteroatoms. The summed E-state index contributed by atoms with van der Waals surface area (Å²) in [4.78, 5) is 26.0. The second kappa shape index (κ2) is 4.68. The summed E-state index contributed by atoms with van der Waals surface area (Å²) in [5.74, 6) is 0.100. The molecule has 1 aliphatic rings. The Morgan fingerprint density at radius 2 is 2.22 bits per heavy atom. The zero-order chi connectivity index (χ0) is 13.3. The van der Waals surface area contributed by atoms with E-state index in [0.29, 0.717) is 13.0 Å². The molecule has 1 heterocycles. The van der Waals surface area contributed by atoms with E-state index in [1.807, 2.05) is 18.2 Å². The molecule has 0 radical (unpaired) electrons. The van der Waals surface area contributed by atoms with Crippen LogP contribution in [-0.2, 0) is 22.5 Å². The van der Waals surface area contributed by atoms with Gasteiger partial charge in [0.15, 0.2) is 0 Å². The fraction of sp³-hybridized carbons (Fsp3) is 0.385. The van der Waals surface area contributed by atoms with Crippen molar-refractivity contribution in [2.75, 3.05) is 26.1 Å². The molecule has 0 fully saturated rings. The number of ether oxygens (including phenoxy) is 1. The van der Waals surface area contributed by atoms with Crippen molar-refractivity contribution in [3.8, 4) is 0 Å². The number of hydrogen-bond donors (Lipinski definition) is 0. The van der Waals surface area contributed by atoms with Crippen LogP contribution in [0.1, 0.15) is 11.1 Å². The van der Waals surface area contributed by atoms with Crippen molar-refractivity contribution in [2.45, 2.75) is 13.0 Å². The standard InChI is InChI=1S/C13H16N2O3/c1-14(13(17)18-3)8-9-4-5-11-10(6-9)7-12(16)15(11)2/h4-6H,7-8H2,1-3H3. The van der Waals surface area contributed by atoms with Crippen LogP contribution < -0.4 is 4.90 Å². The smallest absolute Gasteiger partial charge is 0.409 e. The molecule has 18 heavy (non-hydrogen) atoms. The number of methoxy groups -OCH3 is 1. The molecule has 0 bridgehead atoms. The van der Waals surface area contributed by atoms with Crippen molar-refractivity contribution in [1.82, 2.24) is 4.90 Å². The molecule has 0 unspecified atom stereocenters. The van der Waals surface area contributed by atoms with Crippen molar-refractivity contribution in [2.24, 2.45) is 0 Å². The first-order chi connectivity index (χ1) is 8.52. The second-order valence-electron chi connectivity index (χ2n) is 4.42. The zero-order valence-electron chi connectivity index (χ0n) is 10.8. The first-order valence-corrected chi connectivity index (χ1v) is 5.70. The number of likely N-dealkylation sites (N-methyl/N-ethyl adjacent to an activating group) is 1. The van der Waals surface area contributed by atoms with E-state index in [2.05, 4.69) is 4.74 Å². The number of anilines is 1. The molecule has 0 saturated heterocycles. The van der Waals surface area contributed by atoms with Gasteiger partial charge in [0.2, 0.25) is 5.91 Å². The summed E-state index contributed by atoms with van der Waals surface area (Å²) in [5, 5.41) is 0. The van der Waals surface area contributed by atoms with E-state index in [-0.39, 0.29) is 12.0 Å². The van der Waals surface area contributed by atoms with Crippen LogP contribution in [0.25, 0.3) is 0 Å². The van der Waals surface area contributed by atoms with Crippen LogP contribution in [0.2, 0.25) is 0 Å². The normalized spacial score (nSPS) is 13.5. The van der Waals surface area contributed by atoms with Crippen LogP contribution in [-0.4, -0.2) is 38.1 Å². The molecule has 0 aliphatic carbocycles. The number of benzene rings is 1. The maximum atomic E-state index is 11.6. The molecule has 5 nitrogen and oxygen atoms in total. The monoisotopic (exact) mass is 248 g/mol. The van der Waals surface area contributed by atoms with Gasteiger partial charge in [-0.15, -0.1) is 0 Å². The minimum atomic E-state index is -0.372. The largest absolute Gasteiger partial charge is 0.453 e. The number of amides is 2. The molecular weight excluding hydrogens is 232 g/mol. The van der Waals surface area contributed by atoms with Crippen molar-refractivity contribution < 1.29 is 14.3 Å². The summed E-state index contributed by atoms with van der Waals surface area (Å²) < 4.78 is 4.64.